The summed E-state index contributed by atoms with van der Waals surface area (Å²) < 4.78 is 4.19. The third kappa shape index (κ3) is 3.06. The van der Waals surface area contributed by atoms with Crippen molar-refractivity contribution >= 4 is 17.9 Å². The van der Waals surface area contributed by atoms with Gasteiger partial charge < -0.3 is 25.2 Å². The van der Waals surface area contributed by atoms with Gasteiger partial charge in [-0.25, -0.2) is 14.4 Å². The Bertz CT molecular complexity index is 497. The second kappa shape index (κ2) is 5.46. The van der Waals surface area contributed by atoms with Crippen LogP contribution in [0.5, 0.6) is 0 Å². The number of rotatable bonds is 5. The van der Waals surface area contributed by atoms with Gasteiger partial charge in [-0.05, 0) is 12.1 Å². The molecule has 2 atom stereocenters. The third-order valence-electron chi connectivity index (χ3n) is 2.17. The zero-order valence-electron chi connectivity index (χ0n) is 9.39. The number of aliphatic hydroxyl groups excluding tert-OH is 1. The molecule has 1 aromatic rings. The van der Waals surface area contributed by atoms with E-state index < -0.39 is 29.8 Å². The molecule has 2 unspecified atom stereocenters. The van der Waals surface area contributed by atoms with E-state index in [4.69, 9.17) is 15.3 Å². The summed E-state index contributed by atoms with van der Waals surface area (Å²) in [5, 5.41) is 35.8. The molecule has 0 heterocycles. The highest BCUT2D eigenvalue weighted by Crippen LogP contribution is 2.17. The van der Waals surface area contributed by atoms with Crippen LogP contribution in [0.1, 0.15) is 10.4 Å². The Morgan fingerprint density at radius 3 is 2.05 bits per heavy atom. The van der Waals surface area contributed by atoms with Crippen LogP contribution in [-0.4, -0.2) is 50.2 Å². The molecule has 0 saturated heterocycles. The van der Waals surface area contributed by atoms with Crippen molar-refractivity contribution in [3.05, 3.63) is 35.9 Å². The van der Waals surface area contributed by atoms with Crippen LogP contribution in [0.25, 0.3) is 0 Å². The van der Waals surface area contributed by atoms with Crippen LogP contribution < -0.4 is 0 Å². The van der Waals surface area contributed by atoms with Gasteiger partial charge in [-0.1, -0.05) is 18.2 Å². The predicted molar refractivity (Wildman–Crippen MR) is 58.1 cm³/mol. The van der Waals surface area contributed by atoms with Gasteiger partial charge in [0.15, 0.2) is 0 Å². The van der Waals surface area contributed by atoms with Gasteiger partial charge in [0, 0.05) is 0 Å². The molecule has 0 radical (unpaired) electrons. The first-order valence-electron chi connectivity index (χ1n) is 4.94. The molecule has 102 valence electrons. The Kier molecular flexibility index (Phi) is 4.20. The van der Waals surface area contributed by atoms with Gasteiger partial charge in [-0.3, -0.25) is 0 Å². The number of hydrogen-bond acceptors (Lipinski definition) is 6. The minimum Gasteiger partial charge on any atom is -0.479 e. The number of carbonyl (C=O) groups is 3. The van der Waals surface area contributed by atoms with Crippen LogP contribution in [0.4, 0.5) is 0 Å². The molecule has 8 heteroatoms. The van der Waals surface area contributed by atoms with E-state index in [9.17, 15) is 19.5 Å². The van der Waals surface area contributed by atoms with Crippen LogP contribution in [0.15, 0.2) is 30.3 Å². The van der Waals surface area contributed by atoms with Crippen molar-refractivity contribution < 1.29 is 39.5 Å². The predicted octanol–water partition coefficient (Wildman–Crippen LogP) is -0.938. The molecule has 1 aromatic carbocycles. The van der Waals surface area contributed by atoms with E-state index in [1.165, 1.54) is 24.3 Å². The Morgan fingerprint density at radius 2 is 1.63 bits per heavy atom. The normalized spacial score (nSPS) is 15.1. The van der Waals surface area contributed by atoms with Gasteiger partial charge in [-0.15, -0.1) is 0 Å². The average Bonchev–Trinajstić information content (AvgIpc) is 2.38. The number of aliphatic hydroxyl groups is 2. The molecular weight excluding hydrogens is 260 g/mol. The first kappa shape index (κ1) is 14.6. The molecule has 4 N–H and O–H groups in total. The second-order valence-electron chi connectivity index (χ2n) is 3.50. The van der Waals surface area contributed by atoms with Gasteiger partial charge in [0.1, 0.15) is 0 Å². The number of hydrogen-bond donors (Lipinski definition) is 4. The molecule has 0 fully saturated rings. The van der Waals surface area contributed by atoms with E-state index in [0.717, 1.165) is 0 Å². The van der Waals surface area contributed by atoms with Crippen molar-refractivity contribution in [3.63, 3.8) is 0 Å². The molecule has 1 rings (SSSR count). The van der Waals surface area contributed by atoms with Crippen LogP contribution in [0.3, 0.4) is 0 Å². The molecule has 0 aliphatic heterocycles. The molecule has 8 nitrogen and oxygen atoms in total. The average molecular weight is 270 g/mol. The lowest BCUT2D eigenvalue weighted by atomic mass is 10.1. The summed E-state index contributed by atoms with van der Waals surface area (Å²) in [5.41, 5.74) is -0.111. The maximum atomic E-state index is 11.5. The minimum atomic E-state index is -3.57. The van der Waals surface area contributed by atoms with E-state index in [0.29, 0.717) is 0 Å². The summed E-state index contributed by atoms with van der Waals surface area (Å²) in [7, 11) is 0. The Balaban J connectivity index is 3.01. The minimum absolute atomic E-state index is 0.111. The molecule has 0 amide bonds. The van der Waals surface area contributed by atoms with Crippen molar-refractivity contribution in [2.75, 3.05) is 0 Å². The summed E-state index contributed by atoms with van der Waals surface area (Å²) in [6.45, 7) is 0. The molecule has 0 aliphatic rings. The molecule has 0 aliphatic carbocycles. The largest absolute Gasteiger partial charge is 0.479 e. The fraction of sp³-hybridized carbons (Fsp3) is 0.182. The zero-order valence-corrected chi connectivity index (χ0v) is 9.39. The summed E-state index contributed by atoms with van der Waals surface area (Å²) in [6, 6.07) is 7.00. The Labute approximate surface area is 106 Å². The number of carbonyl (C=O) groups excluding carboxylic acids is 1. The second-order valence-corrected chi connectivity index (χ2v) is 3.50. The summed E-state index contributed by atoms with van der Waals surface area (Å²) in [5.74, 6) is -9.11. The fourth-order valence-electron chi connectivity index (χ4n) is 1.16. The van der Waals surface area contributed by atoms with Crippen molar-refractivity contribution in [1.29, 1.82) is 0 Å². The highest BCUT2D eigenvalue weighted by Gasteiger charge is 2.52. The van der Waals surface area contributed by atoms with Crippen LogP contribution >= 0.6 is 0 Å². The standard InChI is InChI=1S/C11H10O8/c12-7(8(13)14)11(18,10(16)17)19-9(15)6-4-2-1-3-5-6/h1-5,7,12,18H,(H,13,14)(H,16,17). The Morgan fingerprint density at radius 1 is 1.11 bits per heavy atom. The number of carboxylic acid groups (broad SMARTS) is 2. The van der Waals surface area contributed by atoms with E-state index in [1.807, 2.05) is 0 Å². The Hall–Kier alpha value is -2.45. The van der Waals surface area contributed by atoms with Crippen LogP contribution in [0.2, 0.25) is 0 Å². The number of esters is 1. The van der Waals surface area contributed by atoms with Crippen LogP contribution in [0, 0.1) is 0 Å². The topological polar surface area (TPSA) is 141 Å². The third-order valence-corrected chi connectivity index (χ3v) is 2.17. The summed E-state index contributed by atoms with van der Waals surface area (Å²) in [4.78, 5) is 32.8. The molecule has 0 aromatic heterocycles. The van der Waals surface area contributed by atoms with Gasteiger partial charge in [-0.2, -0.15) is 0 Å². The fourth-order valence-corrected chi connectivity index (χ4v) is 1.16. The number of carboxylic acids is 2. The van der Waals surface area contributed by atoms with Gasteiger partial charge in [0.25, 0.3) is 0 Å². The van der Waals surface area contributed by atoms with Crippen molar-refractivity contribution in [3.8, 4) is 0 Å². The summed E-state index contributed by atoms with van der Waals surface area (Å²) >= 11 is 0. The van der Waals surface area contributed by atoms with Gasteiger partial charge in [0.05, 0.1) is 5.56 Å². The summed E-state index contributed by atoms with van der Waals surface area (Å²) in [6.07, 6.45) is -2.82. The molecule has 19 heavy (non-hydrogen) atoms. The molecule has 0 spiro atoms. The van der Waals surface area contributed by atoms with E-state index in [1.54, 1.807) is 6.07 Å². The zero-order chi connectivity index (χ0) is 14.6. The highest BCUT2D eigenvalue weighted by molar-refractivity contribution is 5.93. The SMILES string of the molecule is O=C(OC(O)(C(=O)O)C(O)C(=O)O)c1ccccc1. The van der Waals surface area contributed by atoms with E-state index in [-0.39, 0.29) is 5.56 Å². The monoisotopic (exact) mass is 270 g/mol. The van der Waals surface area contributed by atoms with E-state index in [2.05, 4.69) is 4.74 Å². The van der Waals surface area contributed by atoms with Crippen molar-refractivity contribution in [2.45, 2.75) is 11.9 Å². The van der Waals surface area contributed by atoms with E-state index >= 15 is 0 Å². The lowest BCUT2D eigenvalue weighted by Gasteiger charge is -2.25. The first-order chi connectivity index (χ1) is 8.79. The highest BCUT2D eigenvalue weighted by atomic mass is 16.7. The van der Waals surface area contributed by atoms with Crippen molar-refractivity contribution in [1.82, 2.24) is 0 Å². The maximum Gasteiger partial charge on any atom is 0.380 e. The van der Waals surface area contributed by atoms with Crippen LogP contribution in [-0.2, 0) is 14.3 Å². The maximum absolute atomic E-state index is 11.5. The molecular formula is C11H10O8. The number of benzene rings is 1. The number of ether oxygens (including phenoxy) is 1. The molecule has 0 saturated carbocycles. The quantitative estimate of drug-likeness (QED) is 0.397. The van der Waals surface area contributed by atoms with Crippen molar-refractivity contribution in [2.24, 2.45) is 0 Å². The van der Waals surface area contributed by atoms with Gasteiger partial charge in [0.2, 0.25) is 6.10 Å². The lowest BCUT2D eigenvalue weighted by molar-refractivity contribution is -0.238. The number of aliphatic carboxylic acids is 2. The first-order valence-corrected chi connectivity index (χ1v) is 4.94. The smallest absolute Gasteiger partial charge is 0.380 e. The van der Waals surface area contributed by atoms with Gasteiger partial charge >= 0.3 is 23.7 Å². The molecule has 0 bridgehead atoms. The lowest BCUT2D eigenvalue weighted by Crippen LogP contribution is -2.56.